The summed E-state index contributed by atoms with van der Waals surface area (Å²) in [6.07, 6.45) is 0. The zero-order chi connectivity index (χ0) is 18.6. The van der Waals surface area contributed by atoms with E-state index in [4.69, 9.17) is 4.74 Å². The highest BCUT2D eigenvalue weighted by Crippen LogP contribution is 2.39. The highest BCUT2D eigenvalue weighted by atomic mass is 16.5. The van der Waals surface area contributed by atoms with Gasteiger partial charge in [-0.15, -0.1) is 0 Å². The second-order valence-corrected chi connectivity index (χ2v) is 6.20. The number of phenolic OH excluding ortho intramolecular Hbond substituents is 2. The number of rotatable bonds is 4. The molecule has 0 heterocycles. The summed E-state index contributed by atoms with van der Waals surface area (Å²) in [7, 11) is 0. The molecule has 4 aromatic rings. The number of hydrogen-bond donors (Lipinski definition) is 2. The third-order valence-electron chi connectivity index (χ3n) is 4.35. The minimum absolute atomic E-state index is 0.0131. The van der Waals surface area contributed by atoms with E-state index in [0.29, 0.717) is 0 Å². The summed E-state index contributed by atoms with van der Waals surface area (Å²) in [4.78, 5) is 0. The van der Waals surface area contributed by atoms with Crippen LogP contribution >= 0.6 is 0 Å². The van der Waals surface area contributed by atoms with Gasteiger partial charge in [-0.05, 0) is 46.5 Å². The average Bonchev–Trinajstić information content (AvgIpc) is 2.72. The van der Waals surface area contributed by atoms with E-state index < -0.39 is 0 Å². The van der Waals surface area contributed by atoms with Gasteiger partial charge in [0.05, 0.1) is 0 Å². The van der Waals surface area contributed by atoms with Crippen molar-refractivity contribution in [1.29, 1.82) is 0 Å². The first kappa shape index (κ1) is 16.7. The average molecular weight is 354 g/mol. The van der Waals surface area contributed by atoms with Crippen LogP contribution in [0.3, 0.4) is 0 Å². The van der Waals surface area contributed by atoms with Gasteiger partial charge in [-0.2, -0.15) is 0 Å². The van der Waals surface area contributed by atoms with Crippen LogP contribution in [0.15, 0.2) is 97.1 Å². The maximum Gasteiger partial charge on any atom is 0.169 e. The molecule has 3 heteroatoms. The van der Waals surface area contributed by atoms with Gasteiger partial charge >= 0.3 is 0 Å². The highest BCUT2D eigenvalue weighted by Gasteiger charge is 2.11. The normalized spacial score (nSPS) is 10.5. The van der Waals surface area contributed by atoms with E-state index >= 15 is 0 Å². The Balaban J connectivity index is 1.70. The lowest BCUT2D eigenvalue weighted by molar-refractivity contribution is 0.385. The molecule has 0 saturated carbocycles. The van der Waals surface area contributed by atoms with E-state index in [1.54, 1.807) is 24.3 Å². The topological polar surface area (TPSA) is 49.7 Å². The van der Waals surface area contributed by atoms with Crippen LogP contribution in [0.5, 0.6) is 23.0 Å². The van der Waals surface area contributed by atoms with Gasteiger partial charge in [0.2, 0.25) is 0 Å². The van der Waals surface area contributed by atoms with Crippen LogP contribution in [0.25, 0.3) is 22.3 Å². The molecule has 0 spiro atoms. The van der Waals surface area contributed by atoms with Crippen LogP contribution in [-0.4, -0.2) is 10.2 Å². The van der Waals surface area contributed by atoms with E-state index in [9.17, 15) is 10.2 Å². The Morgan fingerprint density at radius 1 is 0.444 bits per heavy atom. The van der Waals surface area contributed by atoms with Gasteiger partial charge in [0.15, 0.2) is 23.0 Å². The molecule has 0 saturated heterocycles. The maximum absolute atomic E-state index is 10.2. The number of benzene rings is 4. The van der Waals surface area contributed by atoms with Gasteiger partial charge in [-0.1, -0.05) is 72.8 Å². The Bertz CT molecular complexity index is 970. The molecule has 0 fully saturated rings. The lowest BCUT2D eigenvalue weighted by Gasteiger charge is -2.12. The number of phenols is 2. The van der Waals surface area contributed by atoms with Crippen LogP contribution in [-0.2, 0) is 0 Å². The molecule has 0 radical (unpaired) electrons. The van der Waals surface area contributed by atoms with Crippen molar-refractivity contribution in [2.45, 2.75) is 0 Å². The van der Waals surface area contributed by atoms with E-state index in [2.05, 4.69) is 0 Å². The molecule has 0 aliphatic heterocycles. The molecule has 2 N–H and O–H groups in total. The summed E-state index contributed by atoms with van der Waals surface area (Å²) in [5, 5.41) is 20.4. The second-order valence-electron chi connectivity index (χ2n) is 6.20. The molecule has 3 nitrogen and oxygen atoms in total. The SMILES string of the molecule is Oc1ccc(-c2ccccc2)cc1Oc1cc(-c2ccccc2)ccc1O. The van der Waals surface area contributed by atoms with Crippen molar-refractivity contribution in [1.82, 2.24) is 0 Å². The van der Waals surface area contributed by atoms with Gasteiger partial charge < -0.3 is 14.9 Å². The Labute approximate surface area is 157 Å². The van der Waals surface area contributed by atoms with E-state index in [-0.39, 0.29) is 23.0 Å². The van der Waals surface area contributed by atoms with Gasteiger partial charge in [0.25, 0.3) is 0 Å². The highest BCUT2D eigenvalue weighted by molar-refractivity contribution is 5.69. The molecule has 27 heavy (non-hydrogen) atoms. The summed E-state index contributed by atoms with van der Waals surface area (Å²) in [6, 6.07) is 30.1. The Kier molecular flexibility index (Phi) is 4.50. The second kappa shape index (κ2) is 7.26. The standard InChI is InChI=1S/C24H18O3/c25-21-13-11-19(17-7-3-1-4-8-17)15-23(21)27-24-16-20(12-14-22(24)26)18-9-5-2-6-10-18/h1-16,25-26H. The molecule has 0 aromatic heterocycles. The molecular weight excluding hydrogens is 336 g/mol. The Morgan fingerprint density at radius 3 is 1.26 bits per heavy atom. The largest absolute Gasteiger partial charge is 0.504 e. The predicted octanol–water partition coefficient (Wildman–Crippen LogP) is 6.22. The fourth-order valence-electron chi connectivity index (χ4n) is 2.93. The molecule has 0 bridgehead atoms. The molecular formula is C24H18O3. The van der Waals surface area contributed by atoms with Gasteiger partial charge in [-0.3, -0.25) is 0 Å². The first-order valence-corrected chi connectivity index (χ1v) is 8.65. The fraction of sp³-hybridized carbons (Fsp3) is 0. The van der Waals surface area contributed by atoms with Crippen LogP contribution in [0.4, 0.5) is 0 Å². The zero-order valence-electron chi connectivity index (χ0n) is 14.5. The summed E-state index contributed by atoms with van der Waals surface area (Å²) >= 11 is 0. The monoisotopic (exact) mass is 354 g/mol. The molecule has 0 amide bonds. The number of hydrogen-bond acceptors (Lipinski definition) is 3. The van der Waals surface area contributed by atoms with E-state index in [1.165, 1.54) is 0 Å². The summed E-state index contributed by atoms with van der Waals surface area (Å²) in [5.74, 6) is 0.604. The summed E-state index contributed by atoms with van der Waals surface area (Å²) in [6.45, 7) is 0. The van der Waals surface area contributed by atoms with Crippen molar-refractivity contribution in [2.24, 2.45) is 0 Å². The van der Waals surface area contributed by atoms with Crippen LogP contribution < -0.4 is 4.74 Å². The van der Waals surface area contributed by atoms with Crippen molar-refractivity contribution in [3.63, 3.8) is 0 Å². The van der Waals surface area contributed by atoms with Crippen LogP contribution in [0, 0.1) is 0 Å². The Morgan fingerprint density at radius 2 is 0.852 bits per heavy atom. The third kappa shape index (κ3) is 3.62. The smallest absolute Gasteiger partial charge is 0.169 e. The number of ether oxygens (including phenoxy) is 1. The number of aromatic hydroxyl groups is 2. The third-order valence-corrected chi connectivity index (χ3v) is 4.35. The van der Waals surface area contributed by atoms with Gasteiger partial charge in [-0.25, -0.2) is 0 Å². The maximum atomic E-state index is 10.2. The van der Waals surface area contributed by atoms with Crippen LogP contribution in [0.1, 0.15) is 0 Å². The lowest BCUT2D eigenvalue weighted by Crippen LogP contribution is -1.88. The van der Waals surface area contributed by atoms with Crippen molar-refractivity contribution in [3.8, 4) is 45.3 Å². The van der Waals surface area contributed by atoms with Gasteiger partial charge in [0, 0.05) is 0 Å². The van der Waals surface area contributed by atoms with Crippen molar-refractivity contribution in [3.05, 3.63) is 97.1 Å². The molecule has 4 aromatic carbocycles. The quantitative estimate of drug-likeness (QED) is 0.457. The van der Waals surface area contributed by atoms with Gasteiger partial charge in [0.1, 0.15) is 0 Å². The predicted molar refractivity (Wildman–Crippen MR) is 107 cm³/mol. The first-order valence-electron chi connectivity index (χ1n) is 8.65. The molecule has 0 unspecified atom stereocenters. The Hall–Kier alpha value is -3.72. The van der Waals surface area contributed by atoms with Crippen molar-refractivity contribution < 1.29 is 14.9 Å². The van der Waals surface area contributed by atoms with E-state index in [0.717, 1.165) is 22.3 Å². The molecule has 0 atom stereocenters. The first-order chi connectivity index (χ1) is 13.2. The molecule has 132 valence electrons. The molecule has 0 aliphatic carbocycles. The minimum Gasteiger partial charge on any atom is -0.504 e. The fourth-order valence-corrected chi connectivity index (χ4v) is 2.93. The molecule has 0 aliphatic rings. The summed E-state index contributed by atoms with van der Waals surface area (Å²) in [5.41, 5.74) is 3.87. The lowest BCUT2D eigenvalue weighted by atomic mass is 10.0. The molecule has 4 rings (SSSR count). The van der Waals surface area contributed by atoms with Crippen molar-refractivity contribution >= 4 is 0 Å². The minimum atomic E-state index is 0.0131. The zero-order valence-corrected chi connectivity index (χ0v) is 14.5. The van der Waals surface area contributed by atoms with E-state index in [1.807, 2.05) is 72.8 Å². The summed E-state index contributed by atoms with van der Waals surface area (Å²) < 4.78 is 5.86. The van der Waals surface area contributed by atoms with Crippen molar-refractivity contribution in [2.75, 3.05) is 0 Å². The van der Waals surface area contributed by atoms with Crippen LogP contribution in [0.2, 0.25) is 0 Å².